The van der Waals surface area contributed by atoms with Gasteiger partial charge in [0.2, 0.25) is 0 Å². The number of nitrogens with one attached hydrogen (secondary N) is 2. The molecule has 5 nitrogen and oxygen atoms in total. The molecule has 0 unspecified atom stereocenters. The largest absolute Gasteiger partial charge is 0.318 e. The minimum atomic E-state index is -0.830. The summed E-state index contributed by atoms with van der Waals surface area (Å²) in [6, 6.07) is 15.2. The van der Waals surface area contributed by atoms with Crippen LogP contribution in [-0.2, 0) is 0 Å². The molecule has 0 fully saturated rings. The van der Waals surface area contributed by atoms with E-state index in [0.29, 0.717) is 5.56 Å². The summed E-state index contributed by atoms with van der Waals surface area (Å²) in [5, 5.41) is -0.0380. The van der Waals surface area contributed by atoms with Gasteiger partial charge in [-0.1, -0.05) is 35.9 Å². The highest BCUT2D eigenvalue weighted by Gasteiger charge is 2.19. The number of hydrogen-bond acceptors (Lipinski definition) is 2. The molecule has 0 bridgehead atoms. The predicted octanol–water partition coefficient (Wildman–Crippen LogP) is 3.96. The molecule has 0 atom stereocenters. The van der Waals surface area contributed by atoms with Gasteiger partial charge in [-0.05, 0) is 44.2 Å². The quantitative estimate of drug-likeness (QED) is 0.670. The van der Waals surface area contributed by atoms with E-state index in [-0.39, 0.29) is 10.6 Å². The number of amides is 2. The highest BCUT2D eigenvalue weighted by atomic mass is 35.5. The fourth-order valence-electron chi connectivity index (χ4n) is 2.93. The van der Waals surface area contributed by atoms with E-state index in [9.17, 15) is 14.0 Å². The van der Waals surface area contributed by atoms with Crippen LogP contribution in [0.25, 0.3) is 5.69 Å². The van der Waals surface area contributed by atoms with Crippen molar-refractivity contribution in [2.45, 2.75) is 13.8 Å². The van der Waals surface area contributed by atoms with Crippen LogP contribution < -0.4 is 10.9 Å². The maximum Gasteiger partial charge on any atom is 0.274 e. The van der Waals surface area contributed by atoms with Gasteiger partial charge in [-0.15, -0.1) is 0 Å². The van der Waals surface area contributed by atoms with Gasteiger partial charge >= 0.3 is 0 Å². The minimum absolute atomic E-state index is 0.0380. The minimum Gasteiger partial charge on any atom is -0.318 e. The molecule has 7 heteroatoms. The molecule has 0 aliphatic rings. The van der Waals surface area contributed by atoms with Crippen LogP contribution in [0.3, 0.4) is 0 Å². The predicted molar refractivity (Wildman–Crippen MR) is 102 cm³/mol. The van der Waals surface area contributed by atoms with Gasteiger partial charge in [-0.25, -0.2) is 4.39 Å². The SMILES string of the molecule is Cc1cc(C(=O)NNC(=O)c2c(F)cccc2Cl)c(C)n1-c1ccccc1. The van der Waals surface area contributed by atoms with Crippen LogP contribution in [0, 0.1) is 19.7 Å². The van der Waals surface area contributed by atoms with Crippen LogP contribution in [0.15, 0.2) is 54.6 Å². The lowest BCUT2D eigenvalue weighted by Crippen LogP contribution is -2.42. The van der Waals surface area contributed by atoms with Gasteiger partial charge in [-0.3, -0.25) is 20.4 Å². The highest BCUT2D eigenvalue weighted by Crippen LogP contribution is 2.21. The molecular weight excluding hydrogens is 369 g/mol. The van der Waals surface area contributed by atoms with E-state index in [1.54, 1.807) is 6.07 Å². The summed E-state index contributed by atoms with van der Waals surface area (Å²) in [4.78, 5) is 24.6. The van der Waals surface area contributed by atoms with Crippen molar-refractivity contribution < 1.29 is 14.0 Å². The van der Waals surface area contributed by atoms with Crippen molar-refractivity contribution in [1.29, 1.82) is 0 Å². The second-order valence-corrected chi connectivity index (χ2v) is 6.37. The van der Waals surface area contributed by atoms with Gasteiger partial charge in [0.25, 0.3) is 11.8 Å². The van der Waals surface area contributed by atoms with Gasteiger partial charge in [0.1, 0.15) is 5.82 Å². The average Bonchev–Trinajstić information content (AvgIpc) is 2.94. The number of nitrogens with zero attached hydrogens (tertiary/aromatic N) is 1. The monoisotopic (exact) mass is 385 g/mol. The first-order valence-corrected chi connectivity index (χ1v) is 8.57. The smallest absolute Gasteiger partial charge is 0.274 e. The maximum atomic E-state index is 13.8. The van der Waals surface area contributed by atoms with Gasteiger partial charge in [0, 0.05) is 17.1 Å². The third-order valence-corrected chi connectivity index (χ3v) is 4.48. The zero-order valence-electron chi connectivity index (χ0n) is 14.7. The van der Waals surface area contributed by atoms with Crippen molar-refractivity contribution >= 4 is 23.4 Å². The van der Waals surface area contributed by atoms with E-state index < -0.39 is 17.6 Å². The number of carbonyl (C=O) groups excluding carboxylic acids is 2. The Hall–Kier alpha value is -3.12. The molecule has 0 aliphatic heterocycles. The molecule has 0 saturated heterocycles. The lowest BCUT2D eigenvalue weighted by Gasteiger charge is -2.11. The van der Waals surface area contributed by atoms with Crippen molar-refractivity contribution in [3.05, 3.63) is 88.0 Å². The molecule has 3 aromatic rings. The molecule has 2 aromatic carbocycles. The fourth-order valence-corrected chi connectivity index (χ4v) is 3.17. The number of hydrogen-bond donors (Lipinski definition) is 2. The first-order chi connectivity index (χ1) is 12.9. The van der Waals surface area contributed by atoms with E-state index in [0.717, 1.165) is 23.1 Å². The van der Waals surface area contributed by atoms with E-state index in [2.05, 4.69) is 10.9 Å². The molecule has 1 aromatic heterocycles. The number of halogens is 2. The summed E-state index contributed by atoms with van der Waals surface area (Å²) in [5.41, 5.74) is 7.09. The van der Waals surface area contributed by atoms with Crippen LogP contribution in [-0.4, -0.2) is 16.4 Å². The standard InChI is InChI=1S/C20H17ClFN3O2/c1-12-11-15(13(2)25(12)14-7-4-3-5-8-14)19(26)23-24-20(27)18-16(21)9-6-10-17(18)22/h3-11H,1-2H3,(H,23,26)(H,24,27). The molecule has 2 amide bonds. The van der Waals surface area contributed by atoms with Crippen LogP contribution in [0.5, 0.6) is 0 Å². The Morgan fingerprint density at radius 2 is 1.63 bits per heavy atom. The molecule has 138 valence electrons. The zero-order valence-corrected chi connectivity index (χ0v) is 15.5. The average molecular weight is 386 g/mol. The van der Waals surface area contributed by atoms with E-state index in [4.69, 9.17) is 11.6 Å². The lowest BCUT2D eigenvalue weighted by atomic mass is 10.2. The van der Waals surface area contributed by atoms with Crippen LogP contribution >= 0.6 is 11.6 Å². The number of carbonyl (C=O) groups is 2. The summed E-state index contributed by atoms with van der Waals surface area (Å²) in [6.07, 6.45) is 0. The Morgan fingerprint density at radius 3 is 2.30 bits per heavy atom. The van der Waals surface area contributed by atoms with Gasteiger partial charge in [0.15, 0.2) is 0 Å². The van der Waals surface area contributed by atoms with Crippen molar-refractivity contribution in [2.24, 2.45) is 0 Å². The number of para-hydroxylation sites is 1. The number of aromatic nitrogens is 1. The number of rotatable bonds is 3. The summed E-state index contributed by atoms with van der Waals surface area (Å²) in [5.74, 6) is -2.11. The van der Waals surface area contributed by atoms with Gasteiger partial charge < -0.3 is 4.57 Å². The maximum absolute atomic E-state index is 13.8. The highest BCUT2D eigenvalue weighted by molar-refractivity contribution is 6.33. The molecule has 0 aliphatic carbocycles. The van der Waals surface area contributed by atoms with E-state index >= 15 is 0 Å². The van der Waals surface area contributed by atoms with E-state index in [1.165, 1.54) is 12.1 Å². The summed E-state index contributed by atoms with van der Waals surface area (Å²) >= 11 is 5.86. The van der Waals surface area contributed by atoms with Gasteiger partial charge in [-0.2, -0.15) is 0 Å². The molecular formula is C20H17ClFN3O2. The van der Waals surface area contributed by atoms with Crippen molar-refractivity contribution in [3.8, 4) is 5.69 Å². The number of hydrazine groups is 1. The summed E-state index contributed by atoms with van der Waals surface area (Å²) < 4.78 is 15.7. The van der Waals surface area contributed by atoms with Gasteiger partial charge in [0.05, 0.1) is 16.1 Å². The fraction of sp³-hybridized carbons (Fsp3) is 0.100. The number of benzene rings is 2. The molecule has 0 spiro atoms. The third kappa shape index (κ3) is 3.71. The number of aryl methyl sites for hydroxylation is 1. The summed E-state index contributed by atoms with van der Waals surface area (Å²) in [6.45, 7) is 3.69. The van der Waals surface area contributed by atoms with Crippen LogP contribution in [0.2, 0.25) is 5.02 Å². The van der Waals surface area contributed by atoms with Crippen LogP contribution in [0.4, 0.5) is 4.39 Å². The normalized spacial score (nSPS) is 10.5. The van der Waals surface area contributed by atoms with Crippen molar-refractivity contribution in [2.75, 3.05) is 0 Å². The third-order valence-electron chi connectivity index (χ3n) is 4.17. The molecule has 27 heavy (non-hydrogen) atoms. The molecule has 0 radical (unpaired) electrons. The van der Waals surface area contributed by atoms with E-state index in [1.807, 2.05) is 48.7 Å². The van der Waals surface area contributed by atoms with Crippen molar-refractivity contribution in [1.82, 2.24) is 15.4 Å². The molecule has 2 N–H and O–H groups in total. The molecule has 0 saturated carbocycles. The Balaban J connectivity index is 1.79. The topological polar surface area (TPSA) is 63.1 Å². The summed E-state index contributed by atoms with van der Waals surface area (Å²) in [7, 11) is 0. The van der Waals surface area contributed by atoms with Crippen molar-refractivity contribution in [3.63, 3.8) is 0 Å². The zero-order chi connectivity index (χ0) is 19.6. The second kappa shape index (κ2) is 7.63. The lowest BCUT2D eigenvalue weighted by molar-refractivity contribution is 0.0844. The first-order valence-electron chi connectivity index (χ1n) is 8.19. The first kappa shape index (κ1) is 18.7. The Bertz CT molecular complexity index is 995. The Labute approximate surface area is 160 Å². The Morgan fingerprint density at radius 1 is 0.963 bits per heavy atom. The Kier molecular flexibility index (Phi) is 5.28. The second-order valence-electron chi connectivity index (χ2n) is 5.96. The molecule has 1 heterocycles. The van der Waals surface area contributed by atoms with Crippen LogP contribution in [0.1, 0.15) is 32.1 Å². The molecule has 3 rings (SSSR count).